The number of imidazole rings is 1. The fraction of sp³-hybridized carbons (Fsp3) is 0.304. The summed E-state index contributed by atoms with van der Waals surface area (Å²) in [5, 5.41) is 18.1. The van der Waals surface area contributed by atoms with Crippen LogP contribution in [0.25, 0.3) is 11.7 Å². The fourth-order valence-electron chi connectivity index (χ4n) is 4.06. The number of hydrogen-bond acceptors (Lipinski definition) is 8. The van der Waals surface area contributed by atoms with E-state index in [1.165, 1.54) is 0 Å². The van der Waals surface area contributed by atoms with Gasteiger partial charge in [-0.05, 0) is 43.0 Å². The fourth-order valence-corrected chi connectivity index (χ4v) is 4.06. The highest BCUT2D eigenvalue weighted by Crippen LogP contribution is 2.23. The van der Waals surface area contributed by atoms with E-state index >= 15 is 0 Å². The summed E-state index contributed by atoms with van der Waals surface area (Å²) in [7, 11) is 0. The smallest absolute Gasteiger partial charge is 0.326 e. The Kier molecular flexibility index (Phi) is 5.05. The summed E-state index contributed by atoms with van der Waals surface area (Å²) >= 11 is 0. The van der Waals surface area contributed by atoms with Gasteiger partial charge in [0, 0.05) is 30.4 Å². The van der Waals surface area contributed by atoms with Crippen LogP contribution in [0.3, 0.4) is 0 Å². The van der Waals surface area contributed by atoms with Gasteiger partial charge in [0.25, 0.3) is 5.62 Å². The van der Waals surface area contributed by atoms with Gasteiger partial charge in [-0.1, -0.05) is 12.1 Å². The van der Waals surface area contributed by atoms with Crippen molar-refractivity contribution in [1.29, 1.82) is 0 Å². The number of H-pyrrole nitrogens is 2. The van der Waals surface area contributed by atoms with Crippen molar-refractivity contribution in [3.8, 4) is 5.88 Å². The molecule has 1 aliphatic carbocycles. The Balaban J connectivity index is 1.31. The maximum atomic E-state index is 12.0. The van der Waals surface area contributed by atoms with Gasteiger partial charge in [-0.15, -0.1) is 0 Å². The van der Waals surface area contributed by atoms with Gasteiger partial charge in [0.15, 0.2) is 5.65 Å². The first-order chi connectivity index (χ1) is 17.0. The number of rotatable bonds is 6. The van der Waals surface area contributed by atoms with E-state index in [0.29, 0.717) is 35.4 Å². The number of nitrogens with one attached hydrogen (secondary N) is 3. The number of carbonyl (C=O) groups excluding carboxylic acids is 1. The van der Waals surface area contributed by atoms with Crippen molar-refractivity contribution < 1.29 is 9.90 Å². The minimum atomic E-state index is -0.508. The summed E-state index contributed by atoms with van der Waals surface area (Å²) in [6.07, 6.45) is 6.70. The topological polar surface area (TPSA) is 157 Å². The van der Waals surface area contributed by atoms with E-state index in [0.717, 1.165) is 37.1 Å². The minimum Gasteiger partial charge on any atom is -0.493 e. The van der Waals surface area contributed by atoms with Gasteiger partial charge in [-0.25, -0.2) is 9.79 Å². The van der Waals surface area contributed by atoms with Crippen molar-refractivity contribution >= 4 is 29.3 Å². The molecule has 6 rings (SSSR count). The lowest BCUT2D eigenvalue weighted by Crippen LogP contribution is -2.25. The van der Waals surface area contributed by atoms with Gasteiger partial charge in [0.2, 0.25) is 17.7 Å². The monoisotopic (exact) mass is 473 g/mol. The van der Waals surface area contributed by atoms with E-state index < -0.39 is 5.69 Å². The lowest BCUT2D eigenvalue weighted by Gasteiger charge is -2.16. The van der Waals surface area contributed by atoms with E-state index in [9.17, 15) is 14.7 Å². The van der Waals surface area contributed by atoms with Crippen LogP contribution in [0.15, 0.2) is 40.2 Å². The SMILES string of the molecule is O=C1CCCN1c1ccc(CNc2nc(=NC3CC3)n3ncc(=Cc4[nH]c(=O)[nH]c4O)c3n2)cc1. The second-order valence-electron chi connectivity index (χ2n) is 8.70. The highest BCUT2D eigenvalue weighted by Gasteiger charge is 2.22. The van der Waals surface area contributed by atoms with Crippen LogP contribution >= 0.6 is 0 Å². The second-order valence-corrected chi connectivity index (χ2v) is 8.70. The van der Waals surface area contributed by atoms with Gasteiger partial charge in [-0.3, -0.25) is 9.78 Å². The lowest BCUT2D eigenvalue weighted by molar-refractivity contribution is -0.117. The Labute approximate surface area is 198 Å². The molecule has 0 bridgehead atoms. The van der Waals surface area contributed by atoms with Gasteiger partial charge >= 0.3 is 5.69 Å². The van der Waals surface area contributed by atoms with Crippen molar-refractivity contribution in [2.24, 2.45) is 4.99 Å². The third kappa shape index (κ3) is 4.25. The molecule has 35 heavy (non-hydrogen) atoms. The van der Waals surface area contributed by atoms with Gasteiger partial charge in [0.1, 0.15) is 5.69 Å². The van der Waals surface area contributed by atoms with Crippen LogP contribution in [-0.4, -0.2) is 53.2 Å². The van der Waals surface area contributed by atoms with Gasteiger partial charge < -0.3 is 20.3 Å². The molecule has 3 aromatic heterocycles. The van der Waals surface area contributed by atoms with Crippen LogP contribution in [0, 0.1) is 0 Å². The molecule has 1 aromatic carbocycles. The minimum absolute atomic E-state index is 0.162. The summed E-state index contributed by atoms with van der Waals surface area (Å²) < 4.78 is 1.55. The molecule has 4 heterocycles. The molecule has 12 nitrogen and oxygen atoms in total. The second kappa shape index (κ2) is 8.38. The van der Waals surface area contributed by atoms with Crippen LogP contribution in [0.4, 0.5) is 11.6 Å². The summed E-state index contributed by atoms with van der Waals surface area (Å²) in [5.74, 6) is 0.288. The summed E-state index contributed by atoms with van der Waals surface area (Å²) in [4.78, 5) is 43.9. The molecule has 0 unspecified atom stereocenters. The molecular weight excluding hydrogens is 450 g/mol. The molecular formula is C23H23N9O3. The third-order valence-corrected chi connectivity index (χ3v) is 6.03. The summed E-state index contributed by atoms with van der Waals surface area (Å²) in [6, 6.07) is 8.08. The Bertz CT molecular complexity index is 1600. The normalized spacial score (nSPS) is 17.1. The summed E-state index contributed by atoms with van der Waals surface area (Å²) in [6.45, 7) is 1.24. The number of aromatic amines is 2. The molecule has 1 amide bonds. The quantitative estimate of drug-likeness (QED) is 0.311. The average Bonchev–Trinajstić information content (AvgIpc) is 3.25. The molecule has 1 saturated heterocycles. The van der Waals surface area contributed by atoms with E-state index in [1.54, 1.807) is 16.8 Å². The first-order valence-corrected chi connectivity index (χ1v) is 11.5. The number of benzene rings is 1. The van der Waals surface area contributed by atoms with Crippen molar-refractivity contribution in [2.75, 3.05) is 16.8 Å². The zero-order chi connectivity index (χ0) is 23.9. The highest BCUT2D eigenvalue weighted by molar-refractivity contribution is 5.95. The molecule has 12 heteroatoms. The molecule has 2 aliphatic rings. The zero-order valence-corrected chi connectivity index (χ0v) is 18.7. The number of amides is 1. The number of anilines is 2. The van der Waals surface area contributed by atoms with Crippen molar-refractivity contribution in [3.05, 3.63) is 63.0 Å². The van der Waals surface area contributed by atoms with Crippen LogP contribution in [0.1, 0.15) is 36.9 Å². The molecule has 2 fully saturated rings. The molecule has 4 aromatic rings. The maximum absolute atomic E-state index is 12.0. The van der Waals surface area contributed by atoms with E-state index in [2.05, 4.69) is 35.3 Å². The van der Waals surface area contributed by atoms with Crippen LogP contribution < -0.4 is 26.7 Å². The average molecular weight is 473 g/mol. The largest absolute Gasteiger partial charge is 0.493 e. The predicted octanol–water partition coefficient (Wildman–Crippen LogP) is 0.196. The van der Waals surface area contributed by atoms with Crippen LogP contribution in [0.5, 0.6) is 5.88 Å². The van der Waals surface area contributed by atoms with E-state index in [1.807, 2.05) is 29.2 Å². The number of hydrogen-bond donors (Lipinski definition) is 4. The molecule has 178 valence electrons. The number of fused-ring (bicyclic) bond motifs is 1. The third-order valence-electron chi connectivity index (χ3n) is 6.03. The zero-order valence-electron chi connectivity index (χ0n) is 18.7. The van der Waals surface area contributed by atoms with E-state index in [-0.39, 0.29) is 23.5 Å². The molecule has 0 spiro atoms. The number of nitrogens with zero attached hydrogens (tertiary/aromatic N) is 6. The Morgan fingerprint density at radius 3 is 2.69 bits per heavy atom. The van der Waals surface area contributed by atoms with Gasteiger partial charge in [-0.2, -0.15) is 19.6 Å². The Hall–Kier alpha value is -4.48. The van der Waals surface area contributed by atoms with Crippen LogP contribution in [-0.2, 0) is 11.3 Å². The van der Waals surface area contributed by atoms with Crippen LogP contribution in [0.2, 0.25) is 0 Å². The van der Waals surface area contributed by atoms with E-state index in [4.69, 9.17) is 0 Å². The predicted molar refractivity (Wildman–Crippen MR) is 127 cm³/mol. The Morgan fingerprint density at radius 2 is 2.00 bits per heavy atom. The first-order valence-electron chi connectivity index (χ1n) is 11.5. The summed E-state index contributed by atoms with van der Waals surface area (Å²) in [5.41, 5.74) is 2.58. The number of carbonyl (C=O) groups is 1. The molecule has 1 saturated carbocycles. The van der Waals surface area contributed by atoms with Gasteiger partial charge in [0.05, 0.1) is 12.2 Å². The van der Waals surface area contributed by atoms with Crippen molar-refractivity contribution in [3.63, 3.8) is 0 Å². The highest BCUT2D eigenvalue weighted by atomic mass is 16.3. The first kappa shape index (κ1) is 21.1. The lowest BCUT2D eigenvalue weighted by atomic mass is 10.2. The molecule has 0 radical (unpaired) electrons. The molecule has 4 N–H and O–H groups in total. The number of aromatic nitrogens is 6. The standard InChI is InChI=1S/C23H23N9O3/c33-18-2-1-9-31(18)16-7-3-13(4-8-16)11-24-21-28-19-14(10-17-20(34)29-23(35)27-17)12-25-32(19)22(30-21)26-15-5-6-15/h3-4,7-8,10,12,15,34H,1-2,5-6,9,11H2,(H,24,26,30)(H2,27,29,35). The molecule has 1 aliphatic heterocycles. The number of aromatic hydroxyl groups is 1. The van der Waals surface area contributed by atoms with Crippen molar-refractivity contribution in [1.82, 2.24) is 29.5 Å². The maximum Gasteiger partial charge on any atom is 0.326 e. The van der Waals surface area contributed by atoms with Crippen molar-refractivity contribution in [2.45, 2.75) is 38.3 Å². The Morgan fingerprint density at radius 1 is 1.17 bits per heavy atom. The molecule has 0 atom stereocenters.